The molecule has 8 heteroatoms. The first-order valence-corrected chi connectivity index (χ1v) is 11.4. The number of nitrogens with one attached hydrogen (secondary N) is 2. The van der Waals surface area contributed by atoms with Gasteiger partial charge in [0.15, 0.2) is 6.04 Å². The summed E-state index contributed by atoms with van der Waals surface area (Å²) < 4.78 is 0. The molecule has 182 valence electrons. The Kier molecular flexibility index (Phi) is 8.58. The molecule has 0 aliphatic carbocycles. The molecule has 7 N–H and O–H groups in total. The van der Waals surface area contributed by atoms with Crippen molar-refractivity contribution in [3.63, 3.8) is 0 Å². The maximum atomic E-state index is 12.5. The molecule has 0 saturated carbocycles. The Labute approximate surface area is 204 Å². The molecule has 8 nitrogen and oxygen atoms in total. The van der Waals surface area contributed by atoms with Gasteiger partial charge in [-0.2, -0.15) is 0 Å². The SMILES string of the molecule is CCc1cc(C(Nc2cccc(C(N)=O)c2)C(=O)O)ccc1CCC(=O)Nc1cccc(CN)c1. The zero-order chi connectivity index (χ0) is 25.4. The molecule has 3 rings (SSSR count). The lowest BCUT2D eigenvalue weighted by molar-refractivity contribution is -0.138. The number of aliphatic carboxylic acids is 1. The van der Waals surface area contributed by atoms with Gasteiger partial charge in [-0.25, -0.2) is 4.79 Å². The van der Waals surface area contributed by atoms with Crippen LogP contribution in [0.5, 0.6) is 0 Å². The molecule has 0 radical (unpaired) electrons. The van der Waals surface area contributed by atoms with Crippen molar-refractivity contribution in [2.24, 2.45) is 11.5 Å². The summed E-state index contributed by atoms with van der Waals surface area (Å²) in [6.07, 6.45) is 1.50. The van der Waals surface area contributed by atoms with E-state index in [-0.39, 0.29) is 11.5 Å². The molecule has 0 aliphatic rings. The number of rotatable bonds is 11. The summed E-state index contributed by atoms with van der Waals surface area (Å²) in [7, 11) is 0. The molecule has 1 atom stereocenters. The first kappa shape index (κ1) is 25.5. The molecule has 1 unspecified atom stereocenters. The Balaban J connectivity index is 1.72. The minimum Gasteiger partial charge on any atom is -0.479 e. The van der Waals surface area contributed by atoms with Crippen molar-refractivity contribution in [3.05, 3.63) is 94.5 Å². The second kappa shape index (κ2) is 11.8. The van der Waals surface area contributed by atoms with Crippen molar-refractivity contribution in [1.82, 2.24) is 0 Å². The number of carboxylic acid groups (broad SMARTS) is 1. The van der Waals surface area contributed by atoms with Crippen molar-refractivity contribution < 1.29 is 19.5 Å². The van der Waals surface area contributed by atoms with Crippen LogP contribution in [-0.4, -0.2) is 22.9 Å². The number of anilines is 2. The minimum absolute atomic E-state index is 0.107. The lowest BCUT2D eigenvalue weighted by Gasteiger charge is -2.19. The summed E-state index contributed by atoms with van der Waals surface area (Å²) in [5.41, 5.74) is 15.9. The highest BCUT2D eigenvalue weighted by atomic mass is 16.4. The molecular formula is C27H30N4O4. The molecular weight excluding hydrogens is 444 g/mol. The first-order valence-electron chi connectivity index (χ1n) is 11.4. The number of nitrogens with two attached hydrogens (primary N) is 2. The fourth-order valence-corrected chi connectivity index (χ4v) is 3.86. The number of hydrogen-bond donors (Lipinski definition) is 5. The predicted molar refractivity (Wildman–Crippen MR) is 136 cm³/mol. The number of amides is 2. The van der Waals surface area contributed by atoms with Gasteiger partial charge in [0.05, 0.1) is 0 Å². The predicted octanol–water partition coefficient (Wildman–Crippen LogP) is 3.62. The lowest BCUT2D eigenvalue weighted by atomic mass is 9.95. The van der Waals surface area contributed by atoms with E-state index in [0.717, 1.165) is 16.7 Å². The second-order valence-corrected chi connectivity index (χ2v) is 8.20. The maximum Gasteiger partial charge on any atom is 0.330 e. The van der Waals surface area contributed by atoms with E-state index in [0.29, 0.717) is 42.7 Å². The fourth-order valence-electron chi connectivity index (χ4n) is 3.86. The average Bonchev–Trinajstić information content (AvgIpc) is 2.86. The highest BCUT2D eigenvalue weighted by Crippen LogP contribution is 2.24. The number of benzene rings is 3. The zero-order valence-corrected chi connectivity index (χ0v) is 19.6. The van der Waals surface area contributed by atoms with Crippen LogP contribution in [0.25, 0.3) is 0 Å². The third-order valence-corrected chi connectivity index (χ3v) is 5.72. The lowest BCUT2D eigenvalue weighted by Crippen LogP contribution is -2.21. The van der Waals surface area contributed by atoms with Crippen LogP contribution in [0, 0.1) is 0 Å². The zero-order valence-electron chi connectivity index (χ0n) is 19.6. The van der Waals surface area contributed by atoms with Gasteiger partial charge in [-0.1, -0.05) is 43.3 Å². The third kappa shape index (κ3) is 6.91. The number of primary amides is 1. The molecule has 0 fully saturated rings. The van der Waals surface area contributed by atoms with E-state index in [1.165, 1.54) is 6.07 Å². The van der Waals surface area contributed by atoms with E-state index >= 15 is 0 Å². The Morgan fingerprint density at radius 1 is 0.943 bits per heavy atom. The molecule has 3 aromatic carbocycles. The molecule has 0 spiro atoms. The summed E-state index contributed by atoms with van der Waals surface area (Å²) in [5, 5.41) is 15.7. The average molecular weight is 475 g/mol. The van der Waals surface area contributed by atoms with Crippen molar-refractivity contribution in [2.75, 3.05) is 10.6 Å². The van der Waals surface area contributed by atoms with Gasteiger partial charge in [0.2, 0.25) is 11.8 Å². The van der Waals surface area contributed by atoms with E-state index in [1.807, 2.05) is 43.3 Å². The number of carbonyl (C=O) groups excluding carboxylic acids is 2. The normalized spacial score (nSPS) is 11.5. The Morgan fingerprint density at radius 3 is 2.37 bits per heavy atom. The molecule has 0 aromatic heterocycles. The monoisotopic (exact) mass is 474 g/mol. The van der Waals surface area contributed by atoms with Crippen LogP contribution in [-0.2, 0) is 29.0 Å². The fraction of sp³-hybridized carbons (Fsp3) is 0.222. The minimum atomic E-state index is -1.05. The van der Waals surface area contributed by atoms with E-state index in [1.54, 1.807) is 24.3 Å². The number of carbonyl (C=O) groups is 3. The number of carboxylic acids is 1. The van der Waals surface area contributed by atoms with E-state index < -0.39 is 17.9 Å². The van der Waals surface area contributed by atoms with E-state index in [4.69, 9.17) is 11.5 Å². The maximum absolute atomic E-state index is 12.5. The summed E-state index contributed by atoms with van der Waals surface area (Å²) in [5.74, 6) is -1.75. The van der Waals surface area contributed by atoms with Crippen LogP contribution >= 0.6 is 0 Å². The van der Waals surface area contributed by atoms with Gasteiger partial charge >= 0.3 is 5.97 Å². The molecule has 3 aromatic rings. The molecule has 0 aliphatic heterocycles. The van der Waals surface area contributed by atoms with Gasteiger partial charge in [-0.15, -0.1) is 0 Å². The van der Waals surface area contributed by atoms with Crippen LogP contribution in [0.1, 0.15) is 52.0 Å². The summed E-state index contributed by atoms with van der Waals surface area (Å²) in [6.45, 7) is 2.39. The van der Waals surface area contributed by atoms with Gasteiger partial charge in [0.1, 0.15) is 0 Å². The molecule has 35 heavy (non-hydrogen) atoms. The number of aryl methyl sites for hydroxylation is 2. The summed E-state index contributed by atoms with van der Waals surface area (Å²) in [4.78, 5) is 35.9. The van der Waals surface area contributed by atoms with Gasteiger partial charge < -0.3 is 27.2 Å². The first-order chi connectivity index (χ1) is 16.8. The Morgan fingerprint density at radius 2 is 1.69 bits per heavy atom. The van der Waals surface area contributed by atoms with Crippen LogP contribution in [0.3, 0.4) is 0 Å². The van der Waals surface area contributed by atoms with Crippen molar-refractivity contribution in [3.8, 4) is 0 Å². The molecule has 0 saturated heterocycles. The van der Waals surface area contributed by atoms with Crippen LogP contribution in [0.15, 0.2) is 66.7 Å². The highest BCUT2D eigenvalue weighted by molar-refractivity contribution is 5.94. The number of hydrogen-bond acceptors (Lipinski definition) is 5. The Hall–Kier alpha value is -4.17. The van der Waals surface area contributed by atoms with E-state index in [2.05, 4.69) is 10.6 Å². The summed E-state index contributed by atoms with van der Waals surface area (Å²) >= 11 is 0. The van der Waals surface area contributed by atoms with Crippen LogP contribution < -0.4 is 22.1 Å². The van der Waals surface area contributed by atoms with Gasteiger partial charge in [0.25, 0.3) is 0 Å². The van der Waals surface area contributed by atoms with E-state index in [9.17, 15) is 19.5 Å². The third-order valence-electron chi connectivity index (χ3n) is 5.72. The smallest absolute Gasteiger partial charge is 0.330 e. The second-order valence-electron chi connectivity index (χ2n) is 8.20. The highest BCUT2D eigenvalue weighted by Gasteiger charge is 2.21. The van der Waals surface area contributed by atoms with Crippen molar-refractivity contribution >= 4 is 29.2 Å². The molecule has 2 amide bonds. The Bertz CT molecular complexity index is 1230. The largest absolute Gasteiger partial charge is 0.479 e. The molecule has 0 heterocycles. The van der Waals surface area contributed by atoms with Gasteiger partial charge in [-0.3, -0.25) is 9.59 Å². The van der Waals surface area contributed by atoms with Crippen molar-refractivity contribution in [2.45, 2.75) is 38.8 Å². The standard InChI is InChI=1S/C27H30N4O4/c1-2-18-14-20(25(27(34)35)31-23-8-4-6-21(15-23)26(29)33)10-9-19(18)11-12-24(32)30-22-7-3-5-17(13-22)16-28/h3-10,13-15,25,31H,2,11-12,16,28H2,1H3,(H2,29,33)(H,30,32)(H,34,35). The summed E-state index contributed by atoms with van der Waals surface area (Å²) in [6, 6.07) is 18.3. The quantitative estimate of drug-likeness (QED) is 0.287. The van der Waals surface area contributed by atoms with Crippen molar-refractivity contribution in [1.29, 1.82) is 0 Å². The van der Waals surface area contributed by atoms with Crippen LogP contribution in [0.4, 0.5) is 11.4 Å². The molecule has 0 bridgehead atoms. The van der Waals surface area contributed by atoms with Gasteiger partial charge in [0, 0.05) is 29.9 Å². The van der Waals surface area contributed by atoms with Crippen LogP contribution in [0.2, 0.25) is 0 Å². The topological polar surface area (TPSA) is 148 Å². The van der Waals surface area contributed by atoms with Gasteiger partial charge in [-0.05, 0) is 65.4 Å².